The Morgan fingerprint density at radius 3 is 2.38 bits per heavy atom. The lowest BCUT2D eigenvalue weighted by atomic mass is 9.80. The van der Waals surface area contributed by atoms with Crippen LogP contribution < -0.4 is 10.2 Å². The van der Waals surface area contributed by atoms with Crippen molar-refractivity contribution in [2.24, 2.45) is 11.8 Å². The molecular weight excluding hydrogens is 334 g/mol. The number of esters is 1. The average molecular weight is 360 g/mol. The molecule has 26 heavy (non-hydrogen) atoms. The molecule has 0 spiro atoms. The van der Waals surface area contributed by atoms with E-state index in [2.05, 4.69) is 0 Å². The molecule has 2 aliphatic rings. The van der Waals surface area contributed by atoms with Gasteiger partial charge in [0.05, 0.1) is 6.61 Å². The van der Waals surface area contributed by atoms with Crippen LogP contribution in [0.4, 0.5) is 5.69 Å². The molecule has 2 heterocycles. The van der Waals surface area contributed by atoms with Gasteiger partial charge < -0.3 is 15.0 Å². The number of hydrogen-bond acceptors (Lipinski definition) is 5. The molecule has 1 aromatic carbocycles. The smallest absolute Gasteiger partial charge is 0.368 e. The van der Waals surface area contributed by atoms with Crippen LogP contribution in [0.3, 0.4) is 0 Å². The number of nitrogens with two attached hydrogens (primary N) is 1. The van der Waals surface area contributed by atoms with E-state index in [4.69, 9.17) is 4.74 Å². The van der Waals surface area contributed by atoms with Crippen LogP contribution in [0, 0.1) is 11.8 Å². The fourth-order valence-corrected chi connectivity index (χ4v) is 4.19. The van der Waals surface area contributed by atoms with Crippen LogP contribution in [0.5, 0.6) is 0 Å². The Morgan fingerprint density at radius 2 is 1.85 bits per heavy atom. The molecule has 0 bridgehead atoms. The molecule has 7 nitrogen and oxygen atoms in total. The van der Waals surface area contributed by atoms with Crippen LogP contribution in [0.2, 0.25) is 0 Å². The fraction of sp³-hybridized carbons (Fsp3) is 0.526. The summed E-state index contributed by atoms with van der Waals surface area (Å²) in [6, 6.07) is 7.57. The van der Waals surface area contributed by atoms with Gasteiger partial charge in [0, 0.05) is 39.3 Å². The molecule has 0 saturated carbocycles. The first-order valence-corrected chi connectivity index (χ1v) is 8.84. The maximum absolute atomic E-state index is 12.7. The molecule has 3 rings (SSSR count). The third kappa shape index (κ3) is 2.58. The fourth-order valence-electron chi connectivity index (χ4n) is 4.19. The standard InChI is InChI=1S/C19H25N3O4/c1-6-26-18(25)19(2)14-13(16(23)22(5)17(14)24)15(20-19)11-7-9-12(10-8-11)21(3)4/h7-10,13-15,20H,6H2,1-5H3/p+1/t13-,14+,15-,19-/m0/s1. The average Bonchev–Trinajstić information content (AvgIpc) is 3.05. The Kier molecular flexibility index (Phi) is 4.52. The molecule has 2 N–H and O–H groups in total. The summed E-state index contributed by atoms with van der Waals surface area (Å²) in [5.41, 5.74) is 0.862. The van der Waals surface area contributed by atoms with Gasteiger partial charge in [-0.15, -0.1) is 0 Å². The number of rotatable bonds is 4. The van der Waals surface area contributed by atoms with Crippen molar-refractivity contribution < 1.29 is 24.4 Å². The first-order chi connectivity index (χ1) is 12.2. The lowest BCUT2D eigenvalue weighted by Gasteiger charge is -2.25. The van der Waals surface area contributed by atoms with Crippen LogP contribution in [0.15, 0.2) is 24.3 Å². The van der Waals surface area contributed by atoms with Gasteiger partial charge in [-0.05, 0) is 19.1 Å². The Hall–Kier alpha value is -2.41. The van der Waals surface area contributed by atoms with Gasteiger partial charge in [-0.25, -0.2) is 4.79 Å². The second-order valence-corrected chi connectivity index (χ2v) is 7.42. The van der Waals surface area contributed by atoms with E-state index in [1.807, 2.05) is 48.6 Å². The van der Waals surface area contributed by atoms with E-state index in [-0.39, 0.29) is 24.5 Å². The van der Waals surface area contributed by atoms with Gasteiger partial charge in [0.15, 0.2) is 0 Å². The first-order valence-electron chi connectivity index (χ1n) is 8.84. The Bertz CT molecular complexity index is 746. The number of nitrogens with zero attached hydrogens (tertiary/aromatic N) is 2. The molecule has 140 valence electrons. The number of quaternary nitrogens is 1. The predicted molar refractivity (Wildman–Crippen MR) is 95.2 cm³/mol. The Labute approximate surface area is 153 Å². The number of amides is 2. The van der Waals surface area contributed by atoms with Gasteiger partial charge in [0.25, 0.3) is 0 Å². The number of fused-ring (bicyclic) bond motifs is 1. The number of anilines is 1. The summed E-state index contributed by atoms with van der Waals surface area (Å²) in [6.45, 7) is 3.68. The minimum atomic E-state index is -1.11. The van der Waals surface area contributed by atoms with Crippen molar-refractivity contribution in [1.29, 1.82) is 0 Å². The number of likely N-dealkylation sites (tertiary alicyclic amines) is 1. The van der Waals surface area contributed by atoms with Crippen LogP contribution in [0.25, 0.3) is 0 Å². The molecule has 7 heteroatoms. The van der Waals surface area contributed by atoms with E-state index >= 15 is 0 Å². The van der Waals surface area contributed by atoms with Gasteiger partial charge in [-0.2, -0.15) is 0 Å². The van der Waals surface area contributed by atoms with Crippen molar-refractivity contribution in [3.05, 3.63) is 29.8 Å². The molecule has 2 aliphatic heterocycles. The maximum Gasteiger partial charge on any atom is 0.368 e. The van der Waals surface area contributed by atoms with Crippen LogP contribution >= 0.6 is 0 Å². The second kappa shape index (κ2) is 6.39. The van der Waals surface area contributed by atoms with Gasteiger partial charge in [-0.1, -0.05) is 12.1 Å². The predicted octanol–water partition coefficient (Wildman–Crippen LogP) is -0.0765. The molecule has 4 atom stereocenters. The van der Waals surface area contributed by atoms with Crippen molar-refractivity contribution >= 4 is 23.5 Å². The van der Waals surface area contributed by atoms with Gasteiger partial charge in [-0.3, -0.25) is 14.5 Å². The number of ether oxygens (including phenoxy) is 1. The summed E-state index contributed by atoms with van der Waals surface area (Å²) in [4.78, 5) is 41.3. The van der Waals surface area contributed by atoms with Crippen molar-refractivity contribution in [2.45, 2.75) is 25.4 Å². The lowest BCUT2D eigenvalue weighted by molar-refractivity contribution is -0.731. The molecule has 0 radical (unpaired) electrons. The minimum absolute atomic E-state index is 0.231. The first kappa shape index (κ1) is 18.4. The quantitative estimate of drug-likeness (QED) is 0.600. The molecule has 0 unspecified atom stereocenters. The Balaban J connectivity index is 2.02. The number of carbonyl (C=O) groups is 3. The number of imide groups is 1. The monoisotopic (exact) mass is 360 g/mol. The zero-order chi connectivity index (χ0) is 19.2. The highest BCUT2D eigenvalue weighted by Crippen LogP contribution is 2.44. The van der Waals surface area contributed by atoms with Crippen molar-refractivity contribution in [3.8, 4) is 0 Å². The van der Waals surface area contributed by atoms with Crippen molar-refractivity contribution in [1.82, 2.24) is 4.90 Å². The Morgan fingerprint density at radius 1 is 1.23 bits per heavy atom. The van der Waals surface area contributed by atoms with E-state index in [9.17, 15) is 14.4 Å². The second-order valence-electron chi connectivity index (χ2n) is 7.42. The SMILES string of the molecule is CCOC(=O)[C@@]1(C)[NH2+][C@@H](c2ccc(N(C)C)cc2)[C@H]2C(=O)N(C)C(=O)[C@@H]21. The van der Waals surface area contributed by atoms with Gasteiger partial charge in [0.2, 0.25) is 17.4 Å². The molecule has 0 aromatic heterocycles. The van der Waals surface area contributed by atoms with Crippen LogP contribution in [-0.2, 0) is 19.1 Å². The minimum Gasteiger partial charge on any atom is -0.461 e. The molecule has 0 aliphatic carbocycles. The molecule has 2 saturated heterocycles. The summed E-state index contributed by atoms with van der Waals surface area (Å²) >= 11 is 0. The molecule has 1 aromatic rings. The zero-order valence-corrected chi connectivity index (χ0v) is 15.9. The van der Waals surface area contributed by atoms with Crippen molar-refractivity contribution in [2.75, 3.05) is 32.6 Å². The third-order valence-electron chi connectivity index (χ3n) is 5.64. The van der Waals surface area contributed by atoms with Crippen LogP contribution in [0.1, 0.15) is 25.5 Å². The third-order valence-corrected chi connectivity index (χ3v) is 5.64. The van der Waals surface area contributed by atoms with E-state index in [1.54, 1.807) is 13.8 Å². The van der Waals surface area contributed by atoms with Crippen molar-refractivity contribution in [3.63, 3.8) is 0 Å². The highest BCUT2D eigenvalue weighted by atomic mass is 16.5. The van der Waals surface area contributed by atoms with Crippen LogP contribution in [-0.4, -0.2) is 56.0 Å². The van der Waals surface area contributed by atoms with E-state index in [1.165, 1.54) is 7.05 Å². The summed E-state index contributed by atoms with van der Waals surface area (Å²) in [6.07, 6.45) is 0. The normalized spacial score (nSPS) is 30.5. The molecule has 2 fully saturated rings. The summed E-state index contributed by atoms with van der Waals surface area (Å²) < 4.78 is 5.23. The topological polar surface area (TPSA) is 83.5 Å². The number of hydrogen-bond donors (Lipinski definition) is 1. The van der Waals surface area contributed by atoms with Gasteiger partial charge in [0.1, 0.15) is 17.9 Å². The zero-order valence-electron chi connectivity index (χ0n) is 15.9. The highest BCUT2D eigenvalue weighted by molar-refractivity contribution is 6.08. The van der Waals surface area contributed by atoms with E-state index in [0.29, 0.717) is 0 Å². The molecule has 2 amide bonds. The number of benzene rings is 1. The van der Waals surface area contributed by atoms with Gasteiger partial charge >= 0.3 is 5.97 Å². The van der Waals surface area contributed by atoms with E-state index < -0.39 is 23.3 Å². The number of carbonyl (C=O) groups excluding carboxylic acids is 3. The lowest BCUT2D eigenvalue weighted by Crippen LogP contribution is -2.97. The summed E-state index contributed by atoms with van der Waals surface area (Å²) in [7, 11) is 5.40. The maximum atomic E-state index is 12.7. The molecular formula is C19H26N3O4+. The summed E-state index contributed by atoms with van der Waals surface area (Å²) in [5.74, 6) is -2.26. The highest BCUT2D eigenvalue weighted by Gasteiger charge is 2.70. The van der Waals surface area contributed by atoms with E-state index in [0.717, 1.165) is 16.2 Å². The summed E-state index contributed by atoms with van der Waals surface area (Å²) in [5, 5.41) is 1.84. The largest absolute Gasteiger partial charge is 0.461 e.